The van der Waals surface area contributed by atoms with Gasteiger partial charge >= 0.3 is 11.4 Å². The van der Waals surface area contributed by atoms with Crippen LogP contribution in [0.1, 0.15) is 5.56 Å². The van der Waals surface area contributed by atoms with Crippen LogP contribution in [0.5, 0.6) is 0 Å². The van der Waals surface area contributed by atoms with Crippen molar-refractivity contribution in [3.63, 3.8) is 0 Å². The predicted molar refractivity (Wildman–Crippen MR) is 53.3 cm³/mol. The topological polar surface area (TPSA) is 35.5 Å². The van der Waals surface area contributed by atoms with Crippen LogP contribution in [0.25, 0.3) is 0 Å². The van der Waals surface area contributed by atoms with E-state index in [0.29, 0.717) is 0 Å². The molecule has 0 fully saturated rings. The summed E-state index contributed by atoms with van der Waals surface area (Å²) >= 11 is -1.53. The molecular formula is C9H14O3S. The molecule has 0 spiro atoms. The Morgan fingerprint density at radius 1 is 1.08 bits per heavy atom. The monoisotopic (exact) mass is 202 g/mol. The Morgan fingerprint density at radius 2 is 1.54 bits per heavy atom. The summed E-state index contributed by atoms with van der Waals surface area (Å²) in [5.41, 5.74) is 1.32. The van der Waals surface area contributed by atoms with E-state index in [4.69, 9.17) is 0 Å². The number of rotatable bonds is 2. The molecule has 13 heavy (non-hydrogen) atoms. The Balaban J connectivity index is 0.000000226. The molecule has 1 rings (SSSR count). The third-order valence-corrected chi connectivity index (χ3v) is 1.76. The zero-order valence-electron chi connectivity index (χ0n) is 8.02. The summed E-state index contributed by atoms with van der Waals surface area (Å²) in [7, 11) is 2.61. The van der Waals surface area contributed by atoms with Gasteiger partial charge in [0.05, 0.1) is 14.2 Å². The first kappa shape index (κ1) is 12.3. The maximum Gasteiger partial charge on any atom is 0.304 e. The molecule has 0 N–H and O–H groups in total. The van der Waals surface area contributed by atoms with Crippen LogP contribution >= 0.6 is 0 Å². The standard InChI is InChI=1S/C7H8.C2H6O3S/c1-7-5-3-2-4-6-7;1-4-6(3)5-2/h2-6H,1H3;1-2H3. The molecule has 0 bridgehead atoms. The maximum atomic E-state index is 9.85. The van der Waals surface area contributed by atoms with Crippen LogP contribution in [0.3, 0.4) is 0 Å². The number of hydrogen-bond acceptors (Lipinski definition) is 3. The molecule has 0 unspecified atom stereocenters. The van der Waals surface area contributed by atoms with Crippen LogP contribution in [0.15, 0.2) is 30.3 Å². The van der Waals surface area contributed by atoms with E-state index in [1.165, 1.54) is 19.8 Å². The third-order valence-electron chi connectivity index (χ3n) is 1.21. The fraction of sp³-hybridized carbons (Fsp3) is 0.333. The van der Waals surface area contributed by atoms with Gasteiger partial charge < -0.3 is 0 Å². The van der Waals surface area contributed by atoms with Crippen molar-refractivity contribution < 1.29 is 12.6 Å². The highest BCUT2D eigenvalue weighted by Crippen LogP contribution is 1.92. The van der Waals surface area contributed by atoms with Gasteiger partial charge in [-0.25, -0.2) is 0 Å². The molecule has 0 saturated heterocycles. The molecule has 74 valence electrons. The Labute approximate surface area is 81.6 Å². The Morgan fingerprint density at radius 3 is 1.69 bits per heavy atom. The van der Waals surface area contributed by atoms with E-state index in [1.54, 1.807) is 0 Å². The van der Waals surface area contributed by atoms with Gasteiger partial charge in [-0.1, -0.05) is 35.9 Å². The number of benzene rings is 1. The van der Waals surface area contributed by atoms with Crippen molar-refractivity contribution in [2.24, 2.45) is 0 Å². The van der Waals surface area contributed by atoms with Crippen molar-refractivity contribution in [2.75, 3.05) is 14.2 Å². The predicted octanol–water partition coefficient (Wildman–Crippen LogP) is 1.85. The molecule has 0 aromatic heterocycles. The molecule has 0 aliphatic rings. The van der Waals surface area contributed by atoms with Crippen LogP contribution in [0.2, 0.25) is 0 Å². The molecule has 0 atom stereocenters. The first-order valence-electron chi connectivity index (χ1n) is 3.73. The number of hydrogen-bond donors (Lipinski definition) is 0. The minimum Gasteiger partial charge on any atom is -0.272 e. The lowest BCUT2D eigenvalue weighted by Crippen LogP contribution is -1.91. The zero-order chi connectivity index (χ0) is 10.1. The van der Waals surface area contributed by atoms with Gasteiger partial charge in [0.2, 0.25) is 0 Å². The lowest BCUT2D eigenvalue weighted by molar-refractivity contribution is 0.334. The average molecular weight is 202 g/mol. The maximum absolute atomic E-state index is 9.85. The molecule has 0 heterocycles. The van der Waals surface area contributed by atoms with Gasteiger partial charge in [0.15, 0.2) is 0 Å². The minimum absolute atomic E-state index is 1.31. The van der Waals surface area contributed by atoms with Gasteiger partial charge in [0, 0.05) is 0 Å². The highest BCUT2D eigenvalue weighted by Gasteiger charge is 1.84. The molecule has 4 heteroatoms. The third kappa shape index (κ3) is 7.64. The fourth-order valence-electron chi connectivity index (χ4n) is 0.602. The van der Waals surface area contributed by atoms with E-state index in [-0.39, 0.29) is 0 Å². The highest BCUT2D eigenvalue weighted by molar-refractivity contribution is 7.75. The van der Waals surface area contributed by atoms with E-state index < -0.39 is 11.4 Å². The summed E-state index contributed by atoms with van der Waals surface area (Å²) in [6.45, 7) is 2.08. The average Bonchev–Trinajstić information content (AvgIpc) is 2.19. The van der Waals surface area contributed by atoms with E-state index in [9.17, 15) is 4.21 Å². The van der Waals surface area contributed by atoms with Gasteiger partial charge in [-0.2, -0.15) is 4.21 Å². The van der Waals surface area contributed by atoms with Crippen molar-refractivity contribution in [3.8, 4) is 0 Å². The smallest absolute Gasteiger partial charge is 0.272 e. The molecular weight excluding hydrogens is 188 g/mol. The molecule has 0 amide bonds. The lowest BCUT2D eigenvalue weighted by Gasteiger charge is -1.86. The summed E-state index contributed by atoms with van der Waals surface area (Å²) in [5.74, 6) is 0. The fourth-order valence-corrected chi connectivity index (χ4v) is 0.739. The van der Waals surface area contributed by atoms with Crippen LogP contribution in [-0.2, 0) is 19.7 Å². The van der Waals surface area contributed by atoms with Crippen LogP contribution in [-0.4, -0.2) is 18.4 Å². The summed E-state index contributed by atoms with van der Waals surface area (Å²) < 4.78 is 18.1. The number of aryl methyl sites for hydroxylation is 1. The summed E-state index contributed by atoms with van der Waals surface area (Å²) in [4.78, 5) is 0. The van der Waals surface area contributed by atoms with Gasteiger partial charge in [-0.15, -0.1) is 0 Å². The first-order chi connectivity index (χ1) is 6.20. The lowest BCUT2D eigenvalue weighted by atomic mass is 10.2. The molecule has 0 radical (unpaired) electrons. The van der Waals surface area contributed by atoms with Crippen LogP contribution in [0.4, 0.5) is 0 Å². The van der Waals surface area contributed by atoms with E-state index in [0.717, 1.165) is 0 Å². The van der Waals surface area contributed by atoms with E-state index in [2.05, 4.69) is 27.4 Å². The first-order valence-corrected chi connectivity index (χ1v) is 4.73. The normalized spacial score (nSPS) is 9.23. The quantitative estimate of drug-likeness (QED) is 0.734. The van der Waals surface area contributed by atoms with Gasteiger partial charge in [-0.05, 0) is 6.92 Å². The molecule has 0 aliphatic heterocycles. The van der Waals surface area contributed by atoms with Gasteiger partial charge in [-0.3, -0.25) is 8.37 Å². The van der Waals surface area contributed by atoms with E-state index in [1.807, 2.05) is 18.2 Å². The Bertz CT molecular complexity index is 230. The zero-order valence-corrected chi connectivity index (χ0v) is 8.84. The van der Waals surface area contributed by atoms with Crippen molar-refractivity contribution in [2.45, 2.75) is 6.92 Å². The van der Waals surface area contributed by atoms with Crippen LogP contribution < -0.4 is 0 Å². The SMILES string of the molecule is COS(=O)OC.Cc1ccccc1. The van der Waals surface area contributed by atoms with Crippen molar-refractivity contribution >= 4 is 11.4 Å². The minimum atomic E-state index is -1.53. The highest BCUT2D eigenvalue weighted by atomic mass is 32.2. The van der Waals surface area contributed by atoms with Crippen molar-refractivity contribution in [3.05, 3.63) is 35.9 Å². The molecule has 3 nitrogen and oxygen atoms in total. The Hall–Kier alpha value is -0.710. The van der Waals surface area contributed by atoms with E-state index >= 15 is 0 Å². The second-order valence-electron chi connectivity index (χ2n) is 2.19. The van der Waals surface area contributed by atoms with Crippen molar-refractivity contribution in [1.29, 1.82) is 0 Å². The van der Waals surface area contributed by atoms with Gasteiger partial charge in [0.25, 0.3) is 0 Å². The second kappa shape index (κ2) is 7.91. The van der Waals surface area contributed by atoms with Crippen molar-refractivity contribution in [1.82, 2.24) is 0 Å². The molecule has 1 aromatic rings. The van der Waals surface area contributed by atoms with Crippen LogP contribution in [0, 0.1) is 6.92 Å². The second-order valence-corrected chi connectivity index (χ2v) is 3.27. The summed E-state index contributed by atoms with van der Waals surface area (Å²) in [5, 5.41) is 0. The molecule has 0 saturated carbocycles. The molecule has 1 aromatic carbocycles. The van der Waals surface area contributed by atoms with Gasteiger partial charge in [0.1, 0.15) is 0 Å². The summed E-state index contributed by atoms with van der Waals surface area (Å²) in [6, 6.07) is 10.3. The summed E-state index contributed by atoms with van der Waals surface area (Å²) in [6.07, 6.45) is 0. The largest absolute Gasteiger partial charge is 0.304 e. The Kier molecular flexibility index (Phi) is 7.48. The molecule has 0 aliphatic carbocycles.